The van der Waals surface area contributed by atoms with E-state index in [9.17, 15) is 10.2 Å². The third-order valence-electron chi connectivity index (χ3n) is 5.75. The molecule has 0 bridgehead atoms. The zero-order valence-corrected chi connectivity index (χ0v) is 16.7. The highest BCUT2D eigenvalue weighted by molar-refractivity contribution is 5.85. The first kappa shape index (κ1) is 19.8. The molecule has 2 aromatic carbocycles. The summed E-state index contributed by atoms with van der Waals surface area (Å²) in [6, 6.07) is 15.5. The van der Waals surface area contributed by atoms with E-state index in [4.69, 9.17) is 9.47 Å². The summed E-state index contributed by atoms with van der Waals surface area (Å²) in [7, 11) is 1.63. The van der Waals surface area contributed by atoms with E-state index >= 15 is 0 Å². The van der Waals surface area contributed by atoms with Crippen molar-refractivity contribution >= 4 is 10.9 Å². The number of aliphatic hydroxyl groups is 2. The molecule has 6 nitrogen and oxygen atoms in total. The second kappa shape index (κ2) is 8.45. The molecular weight excluding hydrogens is 368 g/mol. The van der Waals surface area contributed by atoms with Crippen molar-refractivity contribution in [2.75, 3.05) is 33.4 Å². The number of benzene rings is 2. The average Bonchev–Trinajstić information content (AvgIpc) is 3.23. The molecule has 3 N–H and O–H groups in total. The standard InChI is InChI=1S/C23H28N2O4/c1-28-19-5-2-4-17(14-19)23(27)9-12-25(13-10-23)15-18(26)16-29-22-7-3-6-21-20(22)8-11-24-21/h2-8,11,14,18,24,26-27H,9-10,12-13,15-16H2,1H3. The first-order valence-corrected chi connectivity index (χ1v) is 10.0. The molecule has 0 amide bonds. The summed E-state index contributed by atoms with van der Waals surface area (Å²) in [6.45, 7) is 2.20. The van der Waals surface area contributed by atoms with Crippen LogP contribution in [0.15, 0.2) is 54.7 Å². The molecule has 1 fully saturated rings. The third kappa shape index (κ3) is 4.40. The number of aromatic amines is 1. The van der Waals surface area contributed by atoms with Gasteiger partial charge in [0.15, 0.2) is 0 Å². The van der Waals surface area contributed by atoms with Crippen LogP contribution in [0.2, 0.25) is 0 Å². The van der Waals surface area contributed by atoms with E-state index in [1.54, 1.807) is 7.11 Å². The number of piperidine rings is 1. The zero-order chi connectivity index (χ0) is 20.3. The molecule has 29 heavy (non-hydrogen) atoms. The molecule has 1 unspecified atom stereocenters. The van der Waals surface area contributed by atoms with Crippen LogP contribution < -0.4 is 9.47 Å². The van der Waals surface area contributed by atoms with Gasteiger partial charge in [0.2, 0.25) is 0 Å². The van der Waals surface area contributed by atoms with E-state index < -0.39 is 11.7 Å². The summed E-state index contributed by atoms with van der Waals surface area (Å²) in [5, 5.41) is 22.5. The number of methoxy groups -OCH3 is 1. The molecule has 1 saturated heterocycles. The normalized spacial score (nSPS) is 17.9. The Morgan fingerprint density at radius 3 is 2.72 bits per heavy atom. The lowest BCUT2D eigenvalue weighted by atomic mass is 9.84. The first-order valence-electron chi connectivity index (χ1n) is 10.0. The fourth-order valence-electron chi connectivity index (χ4n) is 4.03. The van der Waals surface area contributed by atoms with Crippen molar-refractivity contribution in [3.05, 3.63) is 60.3 Å². The van der Waals surface area contributed by atoms with Crippen LogP contribution in [-0.2, 0) is 5.60 Å². The van der Waals surface area contributed by atoms with Crippen LogP contribution in [-0.4, -0.2) is 59.6 Å². The number of aromatic nitrogens is 1. The molecule has 4 rings (SSSR count). The van der Waals surface area contributed by atoms with Gasteiger partial charge in [-0.3, -0.25) is 0 Å². The van der Waals surface area contributed by atoms with Gasteiger partial charge in [0.05, 0.1) is 12.7 Å². The Kier molecular flexibility index (Phi) is 5.76. The van der Waals surface area contributed by atoms with Gasteiger partial charge in [-0.1, -0.05) is 18.2 Å². The summed E-state index contributed by atoms with van der Waals surface area (Å²) in [5.74, 6) is 1.53. The number of nitrogens with zero attached hydrogens (tertiary/aromatic N) is 1. The molecule has 0 aliphatic carbocycles. The summed E-state index contributed by atoms with van der Waals surface area (Å²) >= 11 is 0. The predicted octanol–water partition coefficient (Wildman–Crippen LogP) is 2.90. The fraction of sp³-hybridized carbons (Fsp3) is 0.391. The largest absolute Gasteiger partial charge is 0.497 e. The minimum Gasteiger partial charge on any atom is -0.497 e. The van der Waals surface area contributed by atoms with Crippen LogP contribution in [0.3, 0.4) is 0 Å². The van der Waals surface area contributed by atoms with Gasteiger partial charge in [0.1, 0.15) is 24.2 Å². The zero-order valence-electron chi connectivity index (χ0n) is 16.7. The summed E-state index contributed by atoms with van der Waals surface area (Å²) in [5.41, 5.74) is 1.06. The fourth-order valence-corrected chi connectivity index (χ4v) is 4.03. The van der Waals surface area contributed by atoms with Crippen molar-refractivity contribution in [2.24, 2.45) is 0 Å². The van der Waals surface area contributed by atoms with E-state index in [1.165, 1.54) is 0 Å². The summed E-state index contributed by atoms with van der Waals surface area (Å²) in [4.78, 5) is 5.34. The molecule has 1 atom stereocenters. The van der Waals surface area contributed by atoms with Gasteiger partial charge in [-0.15, -0.1) is 0 Å². The molecule has 0 spiro atoms. The van der Waals surface area contributed by atoms with Crippen molar-refractivity contribution in [2.45, 2.75) is 24.5 Å². The van der Waals surface area contributed by atoms with Crippen LogP contribution in [0.5, 0.6) is 11.5 Å². The van der Waals surface area contributed by atoms with E-state index in [0.717, 1.165) is 41.1 Å². The molecule has 0 radical (unpaired) electrons. The number of H-pyrrole nitrogens is 1. The summed E-state index contributed by atoms with van der Waals surface area (Å²) in [6.07, 6.45) is 2.53. The van der Waals surface area contributed by atoms with Crippen molar-refractivity contribution in [1.82, 2.24) is 9.88 Å². The highest BCUT2D eigenvalue weighted by Gasteiger charge is 2.34. The van der Waals surface area contributed by atoms with Crippen LogP contribution in [0, 0.1) is 0 Å². The lowest BCUT2D eigenvalue weighted by Crippen LogP contribution is -2.46. The second-order valence-electron chi connectivity index (χ2n) is 7.72. The molecule has 0 saturated carbocycles. The van der Waals surface area contributed by atoms with Gasteiger partial charge in [-0.05, 0) is 48.7 Å². The predicted molar refractivity (Wildman–Crippen MR) is 112 cm³/mol. The topological polar surface area (TPSA) is 78.0 Å². The highest BCUT2D eigenvalue weighted by atomic mass is 16.5. The van der Waals surface area contributed by atoms with Crippen molar-refractivity contribution in [1.29, 1.82) is 0 Å². The second-order valence-corrected chi connectivity index (χ2v) is 7.72. The minimum atomic E-state index is -0.851. The molecule has 1 aliphatic rings. The van der Waals surface area contributed by atoms with Crippen LogP contribution in [0.25, 0.3) is 10.9 Å². The minimum absolute atomic E-state index is 0.237. The Balaban J connectivity index is 1.29. The monoisotopic (exact) mass is 396 g/mol. The van der Waals surface area contributed by atoms with E-state index in [2.05, 4.69) is 9.88 Å². The van der Waals surface area contributed by atoms with Crippen molar-refractivity contribution in [3.63, 3.8) is 0 Å². The quantitative estimate of drug-likeness (QED) is 0.572. The number of hydrogen-bond donors (Lipinski definition) is 3. The van der Waals surface area contributed by atoms with E-state index in [1.807, 2.05) is 54.7 Å². The van der Waals surface area contributed by atoms with Crippen LogP contribution in [0.1, 0.15) is 18.4 Å². The maximum Gasteiger partial charge on any atom is 0.128 e. The highest BCUT2D eigenvalue weighted by Crippen LogP contribution is 2.34. The molecule has 2 heterocycles. The number of rotatable bonds is 7. The molecule has 6 heteroatoms. The van der Waals surface area contributed by atoms with Gasteiger partial charge >= 0.3 is 0 Å². The molecule has 1 aromatic heterocycles. The molecule has 154 valence electrons. The van der Waals surface area contributed by atoms with Gasteiger partial charge in [-0.2, -0.15) is 0 Å². The molecule has 1 aliphatic heterocycles. The number of fused-ring (bicyclic) bond motifs is 1. The maximum atomic E-state index is 11.1. The number of ether oxygens (including phenoxy) is 2. The SMILES string of the molecule is COc1cccc(C2(O)CCN(CC(O)COc3cccc4[nH]ccc34)CC2)c1. The number of likely N-dealkylation sites (tertiary alicyclic amines) is 1. The number of aliphatic hydroxyl groups excluding tert-OH is 1. The van der Waals surface area contributed by atoms with Crippen LogP contribution in [0.4, 0.5) is 0 Å². The summed E-state index contributed by atoms with van der Waals surface area (Å²) < 4.78 is 11.1. The van der Waals surface area contributed by atoms with Gasteiger partial charge in [0.25, 0.3) is 0 Å². The Labute approximate surface area is 170 Å². The average molecular weight is 396 g/mol. The lowest BCUT2D eigenvalue weighted by molar-refractivity contribution is -0.0373. The van der Waals surface area contributed by atoms with Gasteiger partial charge in [-0.25, -0.2) is 0 Å². The smallest absolute Gasteiger partial charge is 0.128 e. The van der Waals surface area contributed by atoms with Gasteiger partial charge in [0, 0.05) is 36.7 Å². The molecular formula is C23H28N2O4. The first-order chi connectivity index (χ1) is 14.1. The Morgan fingerprint density at radius 1 is 1.14 bits per heavy atom. The van der Waals surface area contributed by atoms with Gasteiger partial charge < -0.3 is 29.6 Å². The van der Waals surface area contributed by atoms with Crippen molar-refractivity contribution < 1.29 is 19.7 Å². The van der Waals surface area contributed by atoms with E-state index in [-0.39, 0.29) is 6.61 Å². The third-order valence-corrected chi connectivity index (χ3v) is 5.75. The molecule has 3 aromatic rings. The number of nitrogens with one attached hydrogen (secondary N) is 1. The Hall–Kier alpha value is -2.54. The number of β-amino-alcohol motifs (C(OH)–C–C–N with tert-alkyl or cyclic N) is 1. The number of hydrogen-bond acceptors (Lipinski definition) is 5. The Bertz CT molecular complexity index is 947. The Morgan fingerprint density at radius 2 is 1.93 bits per heavy atom. The lowest BCUT2D eigenvalue weighted by Gasteiger charge is -2.39. The van der Waals surface area contributed by atoms with Crippen LogP contribution >= 0.6 is 0 Å². The maximum absolute atomic E-state index is 11.1. The van der Waals surface area contributed by atoms with E-state index in [0.29, 0.717) is 19.4 Å². The van der Waals surface area contributed by atoms with Crippen molar-refractivity contribution in [3.8, 4) is 11.5 Å².